The van der Waals surface area contributed by atoms with Gasteiger partial charge in [0.25, 0.3) is 0 Å². The highest BCUT2D eigenvalue weighted by Crippen LogP contribution is 2.21. The molecule has 1 N–H and O–H groups in total. The minimum atomic E-state index is -3.61. The first-order valence-corrected chi connectivity index (χ1v) is 11.4. The smallest absolute Gasteiger partial charge is 0.225 e. The highest BCUT2D eigenvalue weighted by atomic mass is 32.2. The summed E-state index contributed by atoms with van der Waals surface area (Å²) >= 11 is 0. The number of nitrogens with one attached hydrogen (secondary N) is 1. The van der Waals surface area contributed by atoms with Crippen LogP contribution in [0.5, 0.6) is 5.75 Å². The van der Waals surface area contributed by atoms with Gasteiger partial charge in [-0.15, -0.1) is 0 Å². The summed E-state index contributed by atoms with van der Waals surface area (Å²) in [7, 11) is -5.31. The Morgan fingerprint density at radius 1 is 1.40 bits per heavy atom. The van der Waals surface area contributed by atoms with Gasteiger partial charge in [-0.1, -0.05) is 6.07 Å². The van der Waals surface area contributed by atoms with Crippen LogP contribution in [0.15, 0.2) is 24.3 Å². The van der Waals surface area contributed by atoms with E-state index in [2.05, 4.69) is 5.32 Å². The van der Waals surface area contributed by atoms with E-state index in [0.29, 0.717) is 11.4 Å². The molecule has 1 aromatic carbocycles. The number of hydrogen-bond donors (Lipinski definition) is 1. The van der Waals surface area contributed by atoms with Gasteiger partial charge in [-0.2, -0.15) is 4.31 Å². The number of amides is 1. The molecule has 1 aliphatic heterocycles. The molecule has 0 aliphatic carbocycles. The van der Waals surface area contributed by atoms with Crippen LogP contribution in [0.4, 0.5) is 5.69 Å². The van der Waals surface area contributed by atoms with Gasteiger partial charge in [-0.3, -0.25) is 4.79 Å². The zero-order valence-corrected chi connectivity index (χ0v) is 15.8. The Hall–Kier alpha value is -1.65. The number of sulfonamides is 1. The molecule has 1 saturated heterocycles. The maximum absolute atomic E-state index is 12.1. The van der Waals surface area contributed by atoms with Crippen LogP contribution in [0.2, 0.25) is 0 Å². The van der Waals surface area contributed by atoms with Crippen molar-refractivity contribution in [3.8, 4) is 5.75 Å². The number of benzene rings is 1. The number of carbonyl (C=O) groups excluding carboxylic acids is 1. The van der Waals surface area contributed by atoms with Crippen LogP contribution in [0, 0.1) is 0 Å². The lowest BCUT2D eigenvalue weighted by atomic mass is 10.2. The lowest BCUT2D eigenvalue weighted by Gasteiger charge is -2.25. The normalized spacial score (nSPS) is 19.7. The Labute approximate surface area is 148 Å². The largest absolute Gasteiger partial charge is 0.497 e. The van der Waals surface area contributed by atoms with Crippen LogP contribution in [0.1, 0.15) is 12.8 Å². The van der Waals surface area contributed by atoms with Crippen molar-refractivity contribution < 1.29 is 26.4 Å². The second-order valence-corrected chi connectivity index (χ2v) is 10.1. The summed E-state index contributed by atoms with van der Waals surface area (Å²) in [5.74, 6) is 0.00607. The van der Waals surface area contributed by atoms with Gasteiger partial charge in [0.05, 0.1) is 24.9 Å². The van der Waals surface area contributed by atoms with Gasteiger partial charge >= 0.3 is 0 Å². The first kappa shape index (κ1) is 19.7. The standard InChI is InChI=1S/C15H22N2O6S2/c1-23-14-5-3-4-12(10-14)16-15(18)6-8-17(24(2,19)20)13-7-9-25(21,22)11-13/h3-5,10,13H,6-9,11H2,1-2H3,(H,16,18). The molecule has 0 bridgehead atoms. The highest BCUT2D eigenvalue weighted by Gasteiger charge is 2.36. The molecule has 1 atom stereocenters. The summed E-state index contributed by atoms with van der Waals surface area (Å²) in [6.45, 7) is -0.0607. The minimum absolute atomic E-state index is 0.0281. The molecule has 8 nitrogen and oxygen atoms in total. The maximum Gasteiger partial charge on any atom is 0.225 e. The second-order valence-electron chi connectivity index (χ2n) is 5.96. The van der Waals surface area contributed by atoms with Gasteiger partial charge in [-0.05, 0) is 18.6 Å². The van der Waals surface area contributed by atoms with Crippen LogP contribution in [-0.4, -0.2) is 64.5 Å². The zero-order chi connectivity index (χ0) is 18.7. The molecule has 1 fully saturated rings. The number of nitrogens with zero attached hydrogens (tertiary/aromatic N) is 1. The number of rotatable bonds is 7. The molecule has 2 rings (SSSR count). The van der Waals surface area contributed by atoms with E-state index in [1.165, 1.54) is 7.11 Å². The third kappa shape index (κ3) is 5.68. The minimum Gasteiger partial charge on any atom is -0.497 e. The van der Waals surface area contributed by atoms with E-state index in [0.717, 1.165) is 10.6 Å². The number of anilines is 1. The fourth-order valence-electron chi connectivity index (χ4n) is 2.76. The van der Waals surface area contributed by atoms with Gasteiger partial charge in [0.15, 0.2) is 9.84 Å². The van der Waals surface area contributed by atoms with E-state index in [4.69, 9.17) is 4.74 Å². The molecule has 1 unspecified atom stereocenters. The first-order chi connectivity index (χ1) is 11.6. The van der Waals surface area contributed by atoms with E-state index in [9.17, 15) is 21.6 Å². The fourth-order valence-corrected chi connectivity index (χ4v) is 5.73. The van der Waals surface area contributed by atoms with E-state index < -0.39 is 25.9 Å². The number of ether oxygens (including phenoxy) is 1. The molecule has 1 amide bonds. The molecule has 0 radical (unpaired) electrons. The van der Waals surface area contributed by atoms with Crippen LogP contribution in [0.25, 0.3) is 0 Å². The van der Waals surface area contributed by atoms with E-state index in [-0.39, 0.29) is 36.8 Å². The summed E-state index contributed by atoms with van der Waals surface area (Å²) in [5.41, 5.74) is 0.540. The third-order valence-electron chi connectivity index (χ3n) is 3.95. The summed E-state index contributed by atoms with van der Waals surface area (Å²) in [6.07, 6.45) is 1.21. The lowest BCUT2D eigenvalue weighted by molar-refractivity contribution is -0.116. The molecule has 25 heavy (non-hydrogen) atoms. The van der Waals surface area contributed by atoms with Gasteiger partial charge in [0, 0.05) is 30.8 Å². The molecule has 10 heteroatoms. The van der Waals surface area contributed by atoms with Crippen molar-refractivity contribution >= 4 is 31.5 Å². The maximum atomic E-state index is 12.1. The molecule has 1 heterocycles. The van der Waals surface area contributed by atoms with Crippen molar-refractivity contribution in [2.75, 3.05) is 36.7 Å². The quantitative estimate of drug-likeness (QED) is 0.725. The summed E-state index contributed by atoms with van der Waals surface area (Å²) in [5, 5.41) is 2.67. The average molecular weight is 390 g/mol. The van der Waals surface area contributed by atoms with Crippen LogP contribution >= 0.6 is 0 Å². The van der Waals surface area contributed by atoms with Gasteiger partial charge in [0.2, 0.25) is 15.9 Å². The zero-order valence-electron chi connectivity index (χ0n) is 14.1. The van der Waals surface area contributed by atoms with Crippen LogP contribution in [-0.2, 0) is 24.7 Å². The molecular formula is C15H22N2O6S2. The topological polar surface area (TPSA) is 110 Å². The second kappa shape index (κ2) is 7.71. The Balaban J connectivity index is 1.99. The Morgan fingerprint density at radius 2 is 2.12 bits per heavy atom. The van der Waals surface area contributed by atoms with E-state index >= 15 is 0 Å². The molecule has 0 aromatic heterocycles. The van der Waals surface area contributed by atoms with Gasteiger partial charge < -0.3 is 10.1 Å². The monoisotopic (exact) mass is 390 g/mol. The van der Waals surface area contributed by atoms with Crippen molar-refractivity contribution in [2.24, 2.45) is 0 Å². The molecule has 140 valence electrons. The van der Waals surface area contributed by atoms with Crippen LogP contribution < -0.4 is 10.1 Å². The lowest BCUT2D eigenvalue weighted by Crippen LogP contribution is -2.42. The summed E-state index contributed by atoms with van der Waals surface area (Å²) in [4.78, 5) is 12.1. The average Bonchev–Trinajstić information content (AvgIpc) is 2.86. The van der Waals surface area contributed by atoms with Crippen molar-refractivity contribution in [2.45, 2.75) is 18.9 Å². The molecule has 0 saturated carbocycles. The number of methoxy groups -OCH3 is 1. The van der Waals surface area contributed by atoms with Crippen LogP contribution in [0.3, 0.4) is 0 Å². The van der Waals surface area contributed by atoms with E-state index in [1.54, 1.807) is 24.3 Å². The Morgan fingerprint density at radius 3 is 2.68 bits per heavy atom. The predicted molar refractivity (Wildman–Crippen MR) is 94.8 cm³/mol. The molecule has 0 spiro atoms. The van der Waals surface area contributed by atoms with E-state index in [1.807, 2.05) is 0 Å². The van der Waals surface area contributed by atoms with Crippen molar-refractivity contribution in [3.05, 3.63) is 24.3 Å². The Kier molecular flexibility index (Phi) is 6.07. The predicted octanol–water partition coefficient (Wildman–Crippen LogP) is 0.473. The third-order valence-corrected chi connectivity index (χ3v) is 7.04. The highest BCUT2D eigenvalue weighted by molar-refractivity contribution is 7.92. The van der Waals surface area contributed by atoms with Gasteiger partial charge in [0.1, 0.15) is 5.75 Å². The number of hydrogen-bond acceptors (Lipinski definition) is 6. The first-order valence-electron chi connectivity index (χ1n) is 7.72. The van der Waals surface area contributed by atoms with Crippen molar-refractivity contribution in [1.82, 2.24) is 4.31 Å². The summed E-state index contributed by atoms with van der Waals surface area (Å²) in [6, 6.07) is 6.20. The molecule has 1 aliphatic rings. The molecular weight excluding hydrogens is 368 g/mol. The van der Waals surface area contributed by atoms with Gasteiger partial charge in [-0.25, -0.2) is 16.8 Å². The molecule has 1 aromatic rings. The number of carbonyl (C=O) groups is 1. The summed E-state index contributed by atoms with van der Waals surface area (Å²) < 4.78 is 53.3. The number of sulfone groups is 1. The Bertz CT molecular complexity index is 835. The SMILES string of the molecule is COc1cccc(NC(=O)CCN(C2CCS(=O)(=O)C2)S(C)(=O)=O)c1. The fraction of sp³-hybridized carbons (Fsp3) is 0.533. The van der Waals surface area contributed by atoms with Crippen molar-refractivity contribution in [1.29, 1.82) is 0 Å². The van der Waals surface area contributed by atoms with Crippen molar-refractivity contribution in [3.63, 3.8) is 0 Å².